The molecular formula is C18H28N4O2S. The SMILES string of the molecule is CC(C)(C)NC(=O)CNC(=O)NCc1ccc(N2CCSCC2)cc1. The molecule has 6 nitrogen and oxygen atoms in total. The summed E-state index contributed by atoms with van der Waals surface area (Å²) in [6.07, 6.45) is 0. The normalized spacial score (nSPS) is 14.8. The number of thioether (sulfide) groups is 1. The van der Waals surface area contributed by atoms with Crippen LogP contribution < -0.4 is 20.9 Å². The van der Waals surface area contributed by atoms with E-state index in [1.807, 2.05) is 44.7 Å². The molecule has 0 unspecified atom stereocenters. The van der Waals surface area contributed by atoms with Gasteiger partial charge in [0, 0.05) is 42.4 Å². The Balaban J connectivity index is 1.71. The molecule has 3 N–H and O–H groups in total. The van der Waals surface area contributed by atoms with Crippen molar-refractivity contribution in [2.45, 2.75) is 32.9 Å². The highest BCUT2D eigenvalue weighted by Crippen LogP contribution is 2.19. The maximum absolute atomic E-state index is 11.8. The Morgan fingerprint density at radius 1 is 1.08 bits per heavy atom. The second-order valence-corrected chi connectivity index (χ2v) is 8.33. The largest absolute Gasteiger partial charge is 0.370 e. The molecule has 0 aliphatic carbocycles. The zero-order chi connectivity index (χ0) is 18.3. The molecule has 138 valence electrons. The van der Waals surface area contributed by atoms with Gasteiger partial charge in [-0.3, -0.25) is 4.79 Å². The number of rotatable bonds is 5. The summed E-state index contributed by atoms with van der Waals surface area (Å²) >= 11 is 1.99. The van der Waals surface area contributed by atoms with Crippen LogP contribution >= 0.6 is 11.8 Å². The van der Waals surface area contributed by atoms with Crippen LogP contribution in [0.3, 0.4) is 0 Å². The molecule has 25 heavy (non-hydrogen) atoms. The van der Waals surface area contributed by atoms with E-state index in [0.29, 0.717) is 6.54 Å². The van der Waals surface area contributed by atoms with Gasteiger partial charge in [-0.2, -0.15) is 11.8 Å². The third kappa shape index (κ3) is 7.25. The fourth-order valence-corrected chi connectivity index (χ4v) is 3.42. The van der Waals surface area contributed by atoms with Gasteiger partial charge in [-0.15, -0.1) is 0 Å². The first-order chi connectivity index (χ1) is 11.8. The van der Waals surface area contributed by atoms with Gasteiger partial charge in [0.25, 0.3) is 0 Å². The summed E-state index contributed by atoms with van der Waals surface area (Å²) in [4.78, 5) is 25.8. The highest BCUT2D eigenvalue weighted by atomic mass is 32.2. The average Bonchev–Trinajstić information content (AvgIpc) is 2.58. The standard InChI is InChI=1S/C18H28N4O2S/c1-18(2,3)21-16(23)13-20-17(24)19-12-14-4-6-15(7-5-14)22-8-10-25-11-9-22/h4-7H,8-13H2,1-3H3,(H,21,23)(H2,19,20,24). The van der Waals surface area contributed by atoms with E-state index in [9.17, 15) is 9.59 Å². The minimum Gasteiger partial charge on any atom is -0.370 e. The number of hydrogen-bond acceptors (Lipinski definition) is 4. The second-order valence-electron chi connectivity index (χ2n) is 7.10. The van der Waals surface area contributed by atoms with E-state index in [1.54, 1.807) is 0 Å². The zero-order valence-electron chi connectivity index (χ0n) is 15.2. The van der Waals surface area contributed by atoms with E-state index in [1.165, 1.54) is 17.2 Å². The average molecular weight is 365 g/mol. The molecule has 0 atom stereocenters. The molecule has 1 heterocycles. The number of urea groups is 1. The lowest BCUT2D eigenvalue weighted by Gasteiger charge is -2.28. The lowest BCUT2D eigenvalue weighted by Crippen LogP contribution is -2.47. The molecule has 3 amide bonds. The van der Waals surface area contributed by atoms with Crippen molar-refractivity contribution in [1.29, 1.82) is 0 Å². The minimum atomic E-state index is -0.346. The summed E-state index contributed by atoms with van der Waals surface area (Å²) in [5, 5.41) is 8.13. The van der Waals surface area contributed by atoms with Crippen LogP contribution in [0.5, 0.6) is 0 Å². The van der Waals surface area contributed by atoms with E-state index in [4.69, 9.17) is 0 Å². The molecular weight excluding hydrogens is 336 g/mol. The molecule has 0 spiro atoms. The molecule has 2 rings (SSSR count). The second kappa shape index (κ2) is 8.99. The molecule has 0 bridgehead atoms. The van der Waals surface area contributed by atoms with Crippen LogP contribution in [0.4, 0.5) is 10.5 Å². The van der Waals surface area contributed by atoms with Crippen molar-refractivity contribution in [2.24, 2.45) is 0 Å². The Kier molecular flexibility index (Phi) is 6.99. The van der Waals surface area contributed by atoms with E-state index >= 15 is 0 Å². The van der Waals surface area contributed by atoms with Gasteiger partial charge in [0.1, 0.15) is 0 Å². The Labute approximate surface area is 154 Å². The molecule has 1 saturated heterocycles. The maximum atomic E-state index is 11.8. The van der Waals surface area contributed by atoms with E-state index in [-0.39, 0.29) is 24.0 Å². The van der Waals surface area contributed by atoms with Crippen LogP contribution in [0.15, 0.2) is 24.3 Å². The van der Waals surface area contributed by atoms with Gasteiger partial charge >= 0.3 is 6.03 Å². The van der Waals surface area contributed by atoms with Gasteiger partial charge in [0.2, 0.25) is 5.91 Å². The Bertz CT molecular complexity index is 578. The third-order valence-electron chi connectivity index (χ3n) is 3.69. The number of carbonyl (C=O) groups excluding carboxylic acids is 2. The maximum Gasteiger partial charge on any atom is 0.315 e. The fraction of sp³-hybridized carbons (Fsp3) is 0.556. The summed E-state index contributed by atoms with van der Waals surface area (Å²) in [6.45, 7) is 8.27. The molecule has 1 aromatic rings. The lowest BCUT2D eigenvalue weighted by atomic mass is 10.1. The number of anilines is 1. The lowest BCUT2D eigenvalue weighted by molar-refractivity contribution is -0.121. The summed E-state index contributed by atoms with van der Waals surface area (Å²) < 4.78 is 0. The Hall–Kier alpha value is -1.89. The summed E-state index contributed by atoms with van der Waals surface area (Å²) in [5.74, 6) is 2.14. The first-order valence-electron chi connectivity index (χ1n) is 8.58. The number of nitrogens with zero attached hydrogens (tertiary/aromatic N) is 1. The van der Waals surface area contributed by atoms with E-state index < -0.39 is 0 Å². The van der Waals surface area contributed by atoms with Crippen molar-refractivity contribution < 1.29 is 9.59 Å². The highest BCUT2D eigenvalue weighted by Gasteiger charge is 2.14. The first kappa shape index (κ1) is 19.4. The van der Waals surface area contributed by atoms with Crippen LogP contribution in [-0.4, -0.2) is 48.6 Å². The van der Waals surface area contributed by atoms with Crippen molar-refractivity contribution in [3.63, 3.8) is 0 Å². The predicted octanol–water partition coefficient (Wildman–Crippen LogP) is 1.95. The van der Waals surface area contributed by atoms with E-state index in [2.05, 4.69) is 33.0 Å². The highest BCUT2D eigenvalue weighted by molar-refractivity contribution is 7.99. The first-order valence-corrected chi connectivity index (χ1v) is 9.73. The van der Waals surface area contributed by atoms with Crippen LogP contribution in [0.25, 0.3) is 0 Å². The predicted molar refractivity (Wildman–Crippen MR) is 104 cm³/mol. The van der Waals surface area contributed by atoms with Crippen molar-refractivity contribution >= 4 is 29.4 Å². The molecule has 0 aromatic heterocycles. The van der Waals surface area contributed by atoms with Crippen LogP contribution in [0.1, 0.15) is 26.3 Å². The number of nitrogens with one attached hydrogen (secondary N) is 3. The molecule has 1 aliphatic rings. The van der Waals surface area contributed by atoms with Crippen LogP contribution in [0, 0.1) is 0 Å². The molecule has 1 fully saturated rings. The number of hydrogen-bond donors (Lipinski definition) is 3. The summed E-state index contributed by atoms with van der Waals surface area (Å²) in [7, 11) is 0. The number of benzene rings is 1. The van der Waals surface area contributed by atoms with Crippen LogP contribution in [0.2, 0.25) is 0 Å². The van der Waals surface area contributed by atoms with Gasteiger partial charge in [-0.1, -0.05) is 12.1 Å². The number of amides is 3. The zero-order valence-corrected chi connectivity index (χ0v) is 16.0. The smallest absolute Gasteiger partial charge is 0.315 e. The van der Waals surface area contributed by atoms with Gasteiger partial charge in [0.05, 0.1) is 6.54 Å². The monoisotopic (exact) mass is 364 g/mol. The molecule has 0 saturated carbocycles. The molecule has 7 heteroatoms. The molecule has 1 aromatic carbocycles. The summed E-state index contributed by atoms with van der Waals surface area (Å²) in [6, 6.07) is 7.91. The summed E-state index contributed by atoms with van der Waals surface area (Å²) in [5.41, 5.74) is 1.96. The third-order valence-corrected chi connectivity index (χ3v) is 4.63. The van der Waals surface area contributed by atoms with Gasteiger partial charge in [-0.05, 0) is 38.5 Å². The van der Waals surface area contributed by atoms with Crippen molar-refractivity contribution in [3.8, 4) is 0 Å². The Morgan fingerprint density at radius 3 is 2.32 bits per heavy atom. The quantitative estimate of drug-likeness (QED) is 0.747. The topological polar surface area (TPSA) is 73.5 Å². The van der Waals surface area contributed by atoms with Gasteiger partial charge < -0.3 is 20.9 Å². The fourth-order valence-electron chi connectivity index (χ4n) is 2.51. The van der Waals surface area contributed by atoms with Gasteiger partial charge in [-0.25, -0.2) is 4.79 Å². The van der Waals surface area contributed by atoms with E-state index in [0.717, 1.165) is 18.7 Å². The van der Waals surface area contributed by atoms with Gasteiger partial charge in [0.15, 0.2) is 0 Å². The minimum absolute atomic E-state index is 0.0327. The molecule has 0 radical (unpaired) electrons. The van der Waals surface area contributed by atoms with Crippen molar-refractivity contribution in [3.05, 3.63) is 29.8 Å². The molecule has 1 aliphatic heterocycles. The van der Waals surface area contributed by atoms with Crippen molar-refractivity contribution in [2.75, 3.05) is 36.0 Å². The van der Waals surface area contributed by atoms with Crippen LogP contribution in [-0.2, 0) is 11.3 Å². The Morgan fingerprint density at radius 2 is 1.72 bits per heavy atom. The number of carbonyl (C=O) groups is 2. The van der Waals surface area contributed by atoms with Crippen molar-refractivity contribution in [1.82, 2.24) is 16.0 Å².